The van der Waals surface area contributed by atoms with Crippen LogP contribution in [0.5, 0.6) is 0 Å². The summed E-state index contributed by atoms with van der Waals surface area (Å²) in [6.45, 7) is -0.732. The summed E-state index contributed by atoms with van der Waals surface area (Å²) in [5.41, 5.74) is -4.46. The number of imide groups is 1. The molecule has 0 fully saturated rings. The first-order valence-corrected chi connectivity index (χ1v) is 7.47. The van der Waals surface area contributed by atoms with Crippen molar-refractivity contribution in [3.05, 3.63) is 54.0 Å². The summed E-state index contributed by atoms with van der Waals surface area (Å²) in [7, 11) is 0. The van der Waals surface area contributed by atoms with E-state index in [0.29, 0.717) is 0 Å². The average Bonchev–Trinajstić information content (AvgIpc) is 3.06. The highest BCUT2D eigenvalue weighted by molar-refractivity contribution is 8.00. The van der Waals surface area contributed by atoms with Crippen LogP contribution in [0.4, 0.5) is 13.2 Å². The normalized spacial score (nSPS) is 11.0. The van der Waals surface area contributed by atoms with Crippen LogP contribution in [0.3, 0.4) is 0 Å². The third kappa shape index (κ3) is 5.99. The second kappa shape index (κ2) is 7.88. The van der Waals surface area contributed by atoms with Crippen molar-refractivity contribution < 1.29 is 36.7 Å². The predicted octanol–water partition coefficient (Wildman–Crippen LogP) is 3.00. The lowest BCUT2D eigenvalue weighted by molar-refractivity contribution is -0.123. The van der Waals surface area contributed by atoms with Gasteiger partial charge in [0.05, 0.1) is 11.8 Å². The van der Waals surface area contributed by atoms with E-state index in [1.807, 2.05) is 5.32 Å². The van der Waals surface area contributed by atoms with Crippen LogP contribution in [-0.4, -0.2) is 29.9 Å². The Morgan fingerprint density at radius 3 is 2.36 bits per heavy atom. The number of benzene rings is 1. The van der Waals surface area contributed by atoms with Crippen molar-refractivity contribution in [2.75, 3.05) is 6.61 Å². The van der Waals surface area contributed by atoms with Crippen LogP contribution in [0.15, 0.2) is 52.0 Å². The Balaban J connectivity index is 1.83. The SMILES string of the molecule is O=C(COC(=O)c1ccc(SC(F)(F)F)cc1)NC(=O)c1ccco1. The smallest absolute Gasteiger partial charge is 0.446 e. The minimum absolute atomic E-state index is 0.0308. The van der Waals surface area contributed by atoms with Gasteiger partial charge in [-0.15, -0.1) is 0 Å². The molecular weight excluding hydrogens is 363 g/mol. The molecule has 1 aromatic carbocycles. The number of furan rings is 1. The molecule has 1 N–H and O–H groups in total. The van der Waals surface area contributed by atoms with E-state index in [9.17, 15) is 27.6 Å². The van der Waals surface area contributed by atoms with E-state index in [1.165, 1.54) is 18.4 Å². The van der Waals surface area contributed by atoms with Gasteiger partial charge in [0.25, 0.3) is 11.8 Å². The van der Waals surface area contributed by atoms with Crippen molar-refractivity contribution in [2.24, 2.45) is 0 Å². The van der Waals surface area contributed by atoms with Crippen LogP contribution in [0.25, 0.3) is 0 Å². The first-order valence-electron chi connectivity index (χ1n) is 6.65. The number of hydrogen-bond donors (Lipinski definition) is 1. The van der Waals surface area contributed by atoms with Gasteiger partial charge in [0.1, 0.15) is 0 Å². The number of ether oxygens (including phenoxy) is 1. The van der Waals surface area contributed by atoms with Gasteiger partial charge in [0.2, 0.25) is 0 Å². The summed E-state index contributed by atoms with van der Waals surface area (Å²) in [6, 6.07) is 7.30. The molecule has 132 valence electrons. The highest BCUT2D eigenvalue weighted by Gasteiger charge is 2.29. The van der Waals surface area contributed by atoms with Crippen LogP contribution >= 0.6 is 11.8 Å². The summed E-state index contributed by atoms with van der Waals surface area (Å²) in [6.07, 6.45) is 1.25. The first kappa shape index (κ1) is 18.6. The zero-order valence-corrected chi connectivity index (χ0v) is 13.1. The minimum atomic E-state index is -4.43. The molecule has 0 unspecified atom stereocenters. The predicted molar refractivity (Wildman–Crippen MR) is 79.8 cm³/mol. The first-order chi connectivity index (χ1) is 11.7. The second-order valence-corrected chi connectivity index (χ2v) is 5.64. The van der Waals surface area contributed by atoms with Crippen molar-refractivity contribution in [1.29, 1.82) is 0 Å². The Hall–Kier alpha value is -2.75. The van der Waals surface area contributed by atoms with E-state index in [-0.39, 0.29) is 28.0 Å². The summed E-state index contributed by atoms with van der Waals surface area (Å²) >= 11 is -0.318. The van der Waals surface area contributed by atoms with Crippen molar-refractivity contribution in [3.63, 3.8) is 0 Å². The summed E-state index contributed by atoms with van der Waals surface area (Å²) in [5.74, 6) is -2.67. The number of thioether (sulfide) groups is 1. The minimum Gasteiger partial charge on any atom is -0.459 e. The molecule has 2 amide bonds. The number of nitrogens with one attached hydrogen (secondary N) is 1. The molecule has 2 aromatic rings. The summed E-state index contributed by atoms with van der Waals surface area (Å²) in [4.78, 5) is 34.7. The number of esters is 1. The zero-order valence-electron chi connectivity index (χ0n) is 12.3. The quantitative estimate of drug-likeness (QED) is 0.641. The molecule has 1 aromatic heterocycles. The van der Waals surface area contributed by atoms with Crippen molar-refractivity contribution in [2.45, 2.75) is 10.4 Å². The van der Waals surface area contributed by atoms with Gasteiger partial charge in [-0.2, -0.15) is 13.2 Å². The molecule has 0 aliphatic rings. The fourth-order valence-corrected chi connectivity index (χ4v) is 2.18. The molecule has 10 heteroatoms. The van der Waals surface area contributed by atoms with Gasteiger partial charge in [0, 0.05) is 4.90 Å². The molecule has 2 rings (SSSR count). The molecule has 0 aliphatic heterocycles. The molecule has 0 radical (unpaired) electrons. The number of rotatable bonds is 5. The Kier molecular flexibility index (Phi) is 5.86. The molecule has 0 saturated carbocycles. The van der Waals surface area contributed by atoms with Gasteiger partial charge in [-0.25, -0.2) is 4.79 Å². The number of hydrogen-bond acceptors (Lipinski definition) is 6. The van der Waals surface area contributed by atoms with E-state index in [2.05, 4.69) is 4.74 Å². The lowest BCUT2D eigenvalue weighted by atomic mass is 10.2. The summed E-state index contributed by atoms with van der Waals surface area (Å²) in [5, 5.41) is 1.95. The Morgan fingerprint density at radius 1 is 1.12 bits per heavy atom. The molecule has 0 bridgehead atoms. The van der Waals surface area contributed by atoms with Crippen LogP contribution < -0.4 is 5.32 Å². The molecule has 0 saturated heterocycles. The van der Waals surface area contributed by atoms with Crippen LogP contribution in [0, 0.1) is 0 Å². The van der Waals surface area contributed by atoms with E-state index in [0.717, 1.165) is 24.3 Å². The third-order valence-corrected chi connectivity index (χ3v) is 3.40. The van der Waals surface area contributed by atoms with Gasteiger partial charge in [-0.3, -0.25) is 14.9 Å². The second-order valence-electron chi connectivity index (χ2n) is 4.50. The molecule has 0 aliphatic carbocycles. The molecule has 0 atom stereocenters. The van der Waals surface area contributed by atoms with Gasteiger partial charge in [-0.05, 0) is 48.2 Å². The number of carbonyl (C=O) groups excluding carboxylic acids is 3. The molecule has 6 nitrogen and oxygen atoms in total. The molecule has 1 heterocycles. The maximum absolute atomic E-state index is 12.2. The lowest BCUT2D eigenvalue weighted by Crippen LogP contribution is -2.33. The van der Waals surface area contributed by atoms with E-state index in [4.69, 9.17) is 4.42 Å². The Labute approximate surface area is 143 Å². The number of halogens is 3. The van der Waals surface area contributed by atoms with Crippen molar-refractivity contribution in [3.8, 4) is 0 Å². The highest BCUT2D eigenvalue weighted by atomic mass is 32.2. The van der Waals surface area contributed by atoms with Gasteiger partial charge in [0.15, 0.2) is 12.4 Å². The number of carbonyl (C=O) groups is 3. The molecule has 25 heavy (non-hydrogen) atoms. The topological polar surface area (TPSA) is 85.6 Å². The third-order valence-electron chi connectivity index (χ3n) is 2.66. The Bertz CT molecular complexity index is 756. The fourth-order valence-electron chi connectivity index (χ4n) is 1.64. The number of alkyl halides is 3. The molecular formula is C15H10F3NO5S. The van der Waals surface area contributed by atoms with Crippen LogP contribution in [-0.2, 0) is 9.53 Å². The Morgan fingerprint density at radius 2 is 1.80 bits per heavy atom. The zero-order chi connectivity index (χ0) is 18.4. The highest BCUT2D eigenvalue weighted by Crippen LogP contribution is 2.36. The van der Waals surface area contributed by atoms with E-state index < -0.39 is 29.9 Å². The van der Waals surface area contributed by atoms with E-state index >= 15 is 0 Å². The van der Waals surface area contributed by atoms with Gasteiger partial charge >= 0.3 is 11.5 Å². The van der Waals surface area contributed by atoms with Crippen molar-refractivity contribution >= 4 is 29.5 Å². The summed E-state index contributed by atoms with van der Waals surface area (Å²) < 4.78 is 46.1. The maximum atomic E-state index is 12.2. The van der Waals surface area contributed by atoms with E-state index in [1.54, 1.807) is 0 Å². The maximum Gasteiger partial charge on any atom is 0.446 e. The fraction of sp³-hybridized carbons (Fsp3) is 0.133. The standard InChI is InChI=1S/C15H10F3NO5S/c16-15(17,18)25-10-5-3-9(4-6-10)14(22)24-8-12(20)19-13(21)11-2-1-7-23-11/h1-7H,8H2,(H,19,20,21). The van der Waals surface area contributed by atoms with Gasteiger partial charge in [-0.1, -0.05) is 0 Å². The van der Waals surface area contributed by atoms with Gasteiger partial charge < -0.3 is 9.15 Å². The van der Waals surface area contributed by atoms with Crippen LogP contribution in [0.1, 0.15) is 20.9 Å². The molecule has 0 spiro atoms. The lowest BCUT2D eigenvalue weighted by Gasteiger charge is -2.07. The monoisotopic (exact) mass is 373 g/mol. The number of amides is 2. The van der Waals surface area contributed by atoms with Crippen molar-refractivity contribution in [1.82, 2.24) is 5.32 Å². The average molecular weight is 373 g/mol. The van der Waals surface area contributed by atoms with Crippen LogP contribution in [0.2, 0.25) is 0 Å². The largest absolute Gasteiger partial charge is 0.459 e.